The van der Waals surface area contributed by atoms with E-state index in [2.05, 4.69) is 23.6 Å². The lowest BCUT2D eigenvalue weighted by Crippen LogP contribution is -2.46. The van der Waals surface area contributed by atoms with Crippen LogP contribution >= 0.6 is 0 Å². The number of benzene rings is 1. The number of rotatable bonds is 4. The van der Waals surface area contributed by atoms with Crippen LogP contribution in [0.4, 0.5) is 10.5 Å². The van der Waals surface area contributed by atoms with Gasteiger partial charge in [-0.15, -0.1) is 0 Å². The molecule has 114 valence electrons. The molecule has 2 N–H and O–H groups in total. The van der Waals surface area contributed by atoms with Crippen molar-refractivity contribution >= 4 is 17.6 Å². The van der Waals surface area contributed by atoms with E-state index in [9.17, 15) is 9.59 Å². The van der Waals surface area contributed by atoms with Gasteiger partial charge in [0.2, 0.25) is 5.91 Å². The highest BCUT2D eigenvalue weighted by atomic mass is 16.2. The minimum absolute atomic E-state index is 0.202. The summed E-state index contributed by atoms with van der Waals surface area (Å²) in [6.45, 7) is 6.86. The van der Waals surface area contributed by atoms with Gasteiger partial charge in [0, 0.05) is 18.3 Å². The maximum Gasteiger partial charge on any atom is 0.321 e. The lowest BCUT2D eigenvalue weighted by Gasteiger charge is -2.24. The van der Waals surface area contributed by atoms with E-state index >= 15 is 0 Å². The van der Waals surface area contributed by atoms with E-state index in [1.165, 1.54) is 5.56 Å². The summed E-state index contributed by atoms with van der Waals surface area (Å²) in [4.78, 5) is 25.6. The normalized spacial score (nSPS) is 16.8. The number of imide groups is 1. The molecule has 0 aromatic heterocycles. The molecule has 0 unspecified atom stereocenters. The van der Waals surface area contributed by atoms with Crippen molar-refractivity contribution < 1.29 is 9.59 Å². The highest BCUT2D eigenvalue weighted by molar-refractivity contribution is 5.96. The largest absolute Gasteiger partial charge is 0.359 e. The monoisotopic (exact) mass is 289 g/mol. The number of carbonyl (C=O) groups is 2. The van der Waals surface area contributed by atoms with Crippen molar-refractivity contribution in [3.05, 3.63) is 29.8 Å². The molecule has 2 rings (SSSR count). The van der Waals surface area contributed by atoms with Gasteiger partial charge >= 0.3 is 6.03 Å². The van der Waals surface area contributed by atoms with Crippen molar-refractivity contribution in [1.82, 2.24) is 10.6 Å². The molecule has 1 atom stereocenters. The average Bonchev–Trinajstić information content (AvgIpc) is 2.73. The standard InChI is InChI=1S/C16H23N3O2/c1-11(2)9-17-16(21)18-15(20)10-19-12(3)8-13-6-4-5-7-14(13)19/h4-7,11-12H,8-10H2,1-3H3,(H2,17,18,20,21)/t12-/m0/s1. The first-order valence-electron chi connectivity index (χ1n) is 7.39. The number of amides is 3. The van der Waals surface area contributed by atoms with Crippen molar-refractivity contribution in [1.29, 1.82) is 0 Å². The fourth-order valence-electron chi connectivity index (χ4n) is 2.53. The molecule has 0 saturated carbocycles. The number of nitrogens with zero attached hydrogens (tertiary/aromatic N) is 1. The number of anilines is 1. The van der Waals surface area contributed by atoms with Crippen LogP contribution in [0.3, 0.4) is 0 Å². The summed E-state index contributed by atoms with van der Waals surface area (Å²) in [7, 11) is 0. The summed E-state index contributed by atoms with van der Waals surface area (Å²) in [6, 6.07) is 7.93. The number of carbonyl (C=O) groups excluding carboxylic acids is 2. The summed E-state index contributed by atoms with van der Waals surface area (Å²) < 4.78 is 0. The number of hydrogen-bond donors (Lipinski definition) is 2. The number of hydrogen-bond acceptors (Lipinski definition) is 3. The van der Waals surface area contributed by atoms with Gasteiger partial charge in [-0.25, -0.2) is 4.79 Å². The fourth-order valence-corrected chi connectivity index (χ4v) is 2.53. The molecule has 0 saturated heterocycles. The minimum Gasteiger partial charge on any atom is -0.359 e. The van der Waals surface area contributed by atoms with Crippen LogP contribution in [-0.2, 0) is 11.2 Å². The van der Waals surface area contributed by atoms with Gasteiger partial charge in [-0.2, -0.15) is 0 Å². The van der Waals surface area contributed by atoms with Crippen molar-refractivity contribution in [3.8, 4) is 0 Å². The third kappa shape index (κ3) is 3.97. The van der Waals surface area contributed by atoms with Crippen LogP contribution in [0.2, 0.25) is 0 Å². The molecule has 1 aromatic rings. The highest BCUT2D eigenvalue weighted by Crippen LogP contribution is 2.31. The maximum atomic E-state index is 12.0. The maximum absolute atomic E-state index is 12.0. The van der Waals surface area contributed by atoms with Gasteiger partial charge in [-0.1, -0.05) is 32.0 Å². The third-order valence-electron chi connectivity index (χ3n) is 3.59. The van der Waals surface area contributed by atoms with Gasteiger partial charge in [0.15, 0.2) is 0 Å². The van der Waals surface area contributed by atoms with Crippen molar-refractivity contribution in [3.63, 3.8) is 0 Å². The quantitative estimate of drug-likeness (QED) is 0.890. The second kappa shape index (κ2) is 6.61. The molecule has 1 aromatic carbocycles. The van der Waals surface area contributed by atoms with Gasteiger partial charge in [-0.05, 0) is 30.9 Å². The Morgan fingerprint density at radius 1 is 1.33 bits per heavy atom. The van der Waals surface area contributed by atoms with E-state index in [4.69, 9.17) is 0 Å². The van der Waals surface area contributed by atoms with Crippen molar-refractivity contribution in [2.75, 3.05) is 18.0 Å². The highest BCUT2D eigenvalue weighted by Gasteiger charge is 2.27. The van der Waals surface area contributed by atoms with Crippen molar-refractivity contribution in [2.45, 2.75) is 33.2 Å². The average molecular weight is 289 g/mol. The van der Waals surface area contributed by atoms with Crippen LogP contribution in [0.25, 0.3) is 0 Å². The molecule has 21 heavy (non-hydrogen) atoms. The van der Waals surface area contributed by atoms with E-state index in [0.29, 0.717) is 12.5 Å². The summed E-state index contributed by atoms with van der Waals surface area (Å²) >= 11 is 0. The zero-order valence-corrected chi connectivity index (χ0v) is 12.8. The molecule has 0 fully saturated rings. The Kier molecular flexibility index (Phi) is 4.83. The van der Waals surface area contributed by atoms with Crippen LogP contribution in [0, 0.1) is 5.92 Å². The lowest BCUT2D eigenvalue weighted by atomic mass is 10.1. The van der Waals surface area contributed by atoms with E-state index in [-0.39, 0.29) is 18.5 Å². The number of urea groups is 1. The third-order valence-corrected chi connectivity index (χ3v) is 3.59. The van der Waals surface area contributed by atoms with Crippen LogP contribution in [0.5, 0.6) is 0 Å². The Morgan fingerprint density at radius 2 is 2.05 bits per heavy atom. The van der Waals surface area contributed by atoms with Crippen LogP contribution in [-0.4, -0.2) is 31.1 Å². The Balaban J connectivity index is 1.90. The second-order valence-electron chi connectivity index (χ2n) is 5.96. The number of nitrogens with one attached hydrogen (secondary N) is 2. The molecule has 0 bridgehead atoms. The molecule has 0 spiro atoms. The molecule has 0 aliphatic carbocycles. The zero-order valence-electron chi connectivity index (χ0n) is 12.8. The molecule has 5 nitrogen and oxygen atoms in total. The molecule has 5 heteroatoms. The summed E-state index contributed by atoms with van der Waals surface area (Å²) in [5.74, 6) is 0.0798. The van der Waals surface area contributed by atoms with Gasteiger partial charge in [0.05, 0.1) is 6.54 Å². The first-order chi connectivity index (χ1) is 9.97. The number of fused-ring (bicyclic) bond motifs is 1. The van der Waals surface area contributed by atoms with Crippen LogP contribution in [0.1, 0.15) is 26.3 Å². The zero-order chi connectivity index (χ0) is 15.4. The predicted molar refractivity (Wildman–Crippen MR) is 83.3 cm³/mol. The molecule has 1 heterocycles. The smallest absolute Gasteiger partial charge is 0.321 e. The van der Waals surface area contributed by atoms with Crippen LogP contribution in [0.15, 0.2) is 24.3 Å². The number of para-hydroxylation sites is 1. The SMILES string of the molecule is CC(C)CNC(=O)NC(=O)CN1c2ccccc2C[C@@H]1C. The molecular weight excluding hydrogens is 266 g/mol. The van der Waals surface area contributed by atoms with E-state index in [0.717, 1.165) is 12.1 Å². The molecule has 3 amide bonds. The van der Waals surface area contributed by atoms with Gasteiger partial charge < -0.3 is 10.2 Å². The van der Waals surface area contributed by atoms with Crippen LogP contribution < -0.4 is 15.5 Å². The van der Waals surface area contributed by atoms with Gasteiger partial charge in [0.25, 0.3) is 0 Å². The summed E-state index contributed by atoms with van der Waals surface area (Å²) in [5.41, 5.74) is 2.34. The van der Waals surface area contributed by atoms with Gasteiger partial charge in [-0.3, -0.25) is 10.1 Å². The Hall–Kier alpha value is -2.04. The first kappa shape index (κ1) is 15.4. The summed E-state index contributed by atoms with van der Waals surface area (Å²) in [6.07, 6.45) is 0.934. The second-order valence-corrected chi connectivity index (χ2v) is 5.96. The lowest BCUT2D eigenvalue weighted by molar-refractivity contribution is -0.118. The molecule has 0 radical (unpaired) electrons. The Bertz CT molecular complexity index is 528. The fraction of sp³-hybridized carbons (Fsp3) is 0.500. The summed E-state index contributed by atoms with van der Waals surface area (Å²) in [5, 5.41) is 5.06. The Morgan fingerprint density at radius 3 is 2.76 bits per heavy atom. The predicted octanol–water partition coefficient (Wildman–Crippen LogP) is 1.92. The topological polar surface area (TPSA) is 61.4 Å². The first-order valence-corrected chi connectivity index (χ1v) is 7.39. The molecule has 1 aliphatic rings. The van der Waals surface area contributed by atoms with Gasteiger partial charge in [0.1, 0.15) is 0 Å². The van der Waals surface area contributed by atoms with E-state index in [1.807, 2.05) is 36.9 Å². The van der Waals surface area contributed by atoms with E-state index < -0.39 is 6.03 Å². The molecular formula is C16H23N3O2. The van der Waals surface area contributed by atoms with Crippen molar-refractivity contribution in [2.24, 2.45) is 5.92 Å². The van der Waals surface area contributed by atoms with E-state index in [1.54, 1.807) is 0 Å². The molecule has 1 aliphatic heterocycles. The Labute approximate surface area is 125 Å². The minimum atomic E-state index is -0.422.